The Kier molecular flexibility index (Phi) is 6.11. The number of hydrogen-bond donors (Lipinski definition) is 1. The van der Waals surface area contributed by atoms with E-state index in [1.54, 1.807) is 38.2 Å². The number of aromatic nitrogens is 4. The molecule has 0 aliphatic carbocycles. The van der Waals surface area contributed by atoms with Crippen LogP contribution in [0.2, 0.25) is 5.15 Å². The van der Waals surface area contributed by atoms with Crippen LogP contribution in [0.15, 0.2) is 39.9 Å². The molecule has 2 aromatic heterocycles. The van der Waals surface area contributed by atoms with Crippen LogP contribution < -0.4 is 17.0 Å². The average Bonchev–Trinajstić information content (AvgIpc) is 3.00. The highest BCUT2D eigenvalue weighted by Gasteiger charge is 2.25. The number of halogens is 1. The van der Waals surface area contributed by atoms with E-state index >= 15 is 0 Å². The largest absolute Gasteiger partial charge is 0.454 e. The average molecular weight is 446 g/mol. The summed E-state index contributed by atoms with van der Waals surface area (Å²) in [4.78, 5) is 50.2. The van der Waals surface area contributed by atoms with Gasteiger partial charge in [-0.1, -0.05) is 41.9 Å². The molecule has 0 saturated carbocycles. The number of rotatable bonds is 6. The first-order chi connectivity index (χ1) is 14.6. The van der Waals surface area contributed by atoms with Crippen LogP contribution in [0.3, 0.4) is 0 Å². The summed E-state index contributed by atoms with van der Waals surface area (Å²) in [5, 5.41) is 4.06. The van der Waals surface area contributed by atoms with Gasteiger partial charge in [-0.15, -0.1) is 0 Å². The van der Waals surface area contributed by atoms with Gasteiger partial charge in [0.2, 0.25) is 5.78 Å². The van der Waals surface area contributed by atoms with Crippen LogP contribution in [0.5, 0.6) is 0 Å². The van der Waals surface area contributed by atoms with Gasteiger partial charge in [-0.05, 0) is 12.5 Å². The highest BCUT2D eigenvalue weighted by molar-refractivity contribution is 6.32. The number of nitrogens with zero attached hydrogens (tertiary/aromatic N) is 4. The van der Waals surface area contributed by atoms with Crippen LogP contribution in [0.25, 0.3) is 0 Å². The third-order valence-corrected chi connectivity index (χ3v) is 5.17. The Balaban J connectivity index is 1.91. The maximum Gasteiger partial charge on any atom is 0.343 e. The Morgan fingerprint density at radius 2 is 1.77 bits per heavy atom. The molecule has 0 amide bonds. The van der Waals surface area contributed by atoms with Crippen LogP contribution in [0, 0.1) is 6.92 Å². The Labute approximate surface area is 181 Å². The number of carbonyl (C=O) groups is 2. The second-order valence-corrected chi connectivity index (χ2v) is 7.21. The molecule has 0 fully saturated rings. The predicted molar refractivity (Wildman–Crippen MR) is 113 cm³/mol. The highest BCUT2D eigenvalue weighted by Crippen LogP contribution is 2.19. The fourth-order valence-corrected chi connectivity index (χ4v) is 3.35. The van der Waals surface area contributed by atoms with Gasteiger partial charge < -0.3 is 10.5 Å². The lowest BCUT2D eigenvalue weighted by Crippen LogP contribution is -2.43. The molecule has 10 nitrogen and oxygen atoms in total. The molecule has 0 unspecified atom stereocenters. The molecule has 31 heavy (non-hydrogen) atoms. The first-order valence-electron chi connectivity index (χ1n) is 9.16. The number of nitrogen functional groups attached to an aromatic ring is 1. The lowest BCUT2D eigenvalue weighted by molar-refractivity contribution is 0.0473. The third-order valence-electron chi connectivity index (χ3n) is 4.74. The van der Waals surface area contributed by atoms with Crippen LogP contribution in [0.1, 0.15) is 32.0 Å². The van der Waals surface area contributed by atoms with E-state index in [4.69, 9.17) is 22.1 Å². The summed E-state index contributed by atoms with van der Waals surface area (Å²) in [7, 11) is 2.80. The molecule has 0 radical (unpaired) electrons. The number of aryl methyl sites for hydroxylation is 2. The van der Waals surface area contributed by atoms with Crippen molar-refractivity contribution in [3.63, 3.8) is 0 Å². The summed E-state index contributed by atoms with van der Waals surface area (Å²) in [6.07, 6.45) is 0. The van der Waals surface area contributed by atoms with Gasteiger partial charge in [-0.3, -0.25) is 23.4 Å². The number of anilines is 1. The van der Waals surface area contributed by atoms with Crippen LogP contribution in [-0.2, 0) is 25.4 Å². The lowest BCUT2D eigenvalue weighted by atomic mass is 10.2. The monoisotopic (exact) mass is 445 g/mol. The van der Waals surface area contributed by atoms with E-state index in [1.165, 1.54) is 11.7 Å². The van der Waals surface area contributed by atoms with Gasteiger partial charge in [0.1, 0.15) is 22.1 Å². The quantitative estimate of drug-likeness (QED) is 0.440. The van der Waals surface area contributed by atoms with Gasteiger partial charge in [0.15, 0.2) is 6.61 Å². The molecule has 0 aliphatic rings. The molecule has 0 spiro atoms. The molecule has 0 atom stereocenters. The maximum atomic E-state index is 12.7. The zero-order chi connectivity index (χ0) is 22.9. The number of benzene rings is 1. The van der Waals surface area contributed by atoms with Crippen molar-refractivity contribution in [2.24, 2.45) is 14.1 Å². The van der Waals surface area contributed by atoms with E-state index in [9.17, 15) is 19.2 Å². The smallest absolute Gasteiger partial charge is 0.343 e. The van der Waals surface area contributed by atoms with E-state index in [0.29, 0.717) is 5.69 Å². The van der Waals surface area contributed by atoms with Gasteiger partial charge in [-0.2, -0.15) is 5.10 Å². The van der Waals surface area contributed by atoms with Gasteiger partial charge in [0, 0.05) is 14.1 Å². The Hall–Kier alpha value is -3.66. The van der Waals surface area contributed by atoms with Crippen LogP contribution in [-0.4, -0.2) is 37.3 Å². The van der Waals surface area contributed by atoms with Crippen LogP contribution in [0.4, 0.5) is 5.82 Å². The number of Topliss-reactive ketones (excluding diaryl/α,β-unsaturated/α-hetero) is 1. The molecule has 0 bridgehead atoms. The summed E-state index contributed by atoms with van der Waals surface area (Å²) in [6.45, 7) is 0.869. The van der Waals surface area contributed by atoms with E-state index in [2.05, 4.69) is 5.10 Å². The van der Waals surface area contributed by atoms with Crippen molar-refractivity contribution in [3.8, 4) is 0 Å². The van der Waals surface area contributed by atoms with Gasteiger partial charge >= 0.3 is 11.7 Å². The molecule has 1 aromatic carbocycles. The SMILES string of the molecule is Cc1nn(C)c(Cl)c1C(=O)OCC(=O)c1c(N)n(Cc2ccccc2)c(=O)n(C)c1=O. The number of carbonyl (C=O) groups excluding carboxylic acids is 2. The Morgan fingerprint density at radius 3 is 2.35 bits per heavy atom. The molecule has 3 aromatic rings. The molecule has 0 aliphatic heterocycles. The zero-order valence-electron chi connectivity index (χ0n) is 17.1. The standard InChI is InChI=1S/C20H20ClN5O5/c1-11-14(16(21)25(3)23-11)19(29)31-10-13(27)15-17(22)26(20(30)24(2)18(15)28)9-12-7-5-4-6-8-12/h4-8H,9-10,22H2,1-3H3. The molecule has 3 rings (SSSR count). The molecular weight excluding hydrogens is 426 g/mol. The minimum absolute atomic E-state index is 0.0203. The first-order valence-corrected chi connectivity index (χ1v) is 9.54. The summed E-state index contributed by atoms with van der Waals surface area (Å²) in [5.74, 6) is -2.00. The third kappa shape index (κ3) is 4.15. The van der Waals surface area contributed by atoms with E-state index in [0.717, 1.165) is 14.7 Å². The fourth-order valence-electron chi connectivity index (χ4n) is 3.10. The van der Waals surface area contributed by atoms with Crippen molar-refractivity contribution in [1.29, 1.82) is 0 Å². The molecule has 2 heterocycles. The zero-order valence-corrected chi connectivity index (χ0v) is 17.8. The summed E-state index contributed by atoms with van der Waals surface area (Å²) in [5.41, 5.74) is 5.16. The molecule has 0 saturated heterocycles. The first kappa shape index (κ1) is 22.0. The number of nitrogens with two attached hydrogens (primary N) is 1. The van der Waals surface area contributed by atoms with Gasteiger partial charge in [0.05, 0.1) is 12.2 Å². The fraction of sp³-hybridized carbons (Fsp3) is 0.250. The van der Waals surface area contributed by atoms with Crippen molar-refractivity contribution in [1.82, 2.24) is 18.9 Å². The predicted octanol–water partition coefficient (Wildman–Crippen LogP) is 0.913. The summed E-state index contributed by atoms with van der Waals surface area (Å²) >= 11 is 6.03. The van der Waals surface area contributed by atoms with Gasteiger partial charge in [-0.25, -0.2) is 9.59 Å². The lowest BCUT2D eigenvalue weighted by Gasteiger charge is -2.14. The molecule has 2 N–H and O–H groups in total. The highest BCUT2D eigenvalue weighted by atomic mass is 35.5. The second-order valence-electron chi connectivity index (χ2n) is 6.85. The van der Waals surface area contributed by atoms with Crippen molar-refractivity contribution in [2.75, 3.05) is 12.3 Å². The van der Waals surface area contributed by atoms with Gasteiger partial charge in [0.25, 0.3) is 5.56 Å². The summed E-state index contributed by atoms with van der Waals surface area (Å²) in [6, 6.07) is 8.95. The van der Waals surface area contributed by atoms with Crippen molar-refractivity contribution in [3.05, 3.63) is 78.7 Å². The van der Waals surface area contributed by atoms with E-state index in [1.807, 2.05) is 6.07 Å². The van der Waals surface area contributed by atoms with Crippen molar-refractivity contribution < 1.29 is 14.3 Å². The number of ketones is 1. The molecule has 11 heteroatoms. The summed E-state index contributed by atoms with van der Waals surface area (Å²) < 4.78 is 8.24. The van der Waals surface area contributed by atoms with Crippen LogP contribution >= 0.6 is 11.6 Å². The maximum absolute atomic E-state index is 12.7. The molecule has 162 valence electrons. The van der Waals surface area contributed by atoms with Crippen molar-refractivity contribution >= 4 is 29.2 Å². The van der Waals surface area contributed by atoms with Crippen molar-refractivity contribution in [2.45, 2.75) is 13.5 Å². The van der Waals surface area contributed by atoms with E-state index in [-0.39, 0.29) is 23.1 Å². The number of ether oxygens (including phenoxy) is 1. The van der Waals surface area contributed by atoms with E-state index < -0.39 is 35.2 Å². The number of hydrogen-bond acceptors (Lipinski definition) is 7. The Morgan fingerprint density at radius 1 is 1.13 bits per heavy atom. The second kappa shape index (κ2) is 8.60. The normalized spacial score (nSPS) is 10.8. The number of esters is 1. The molecular formula is C20H20ClN5O5. The minimum atomic E-state index is -0.872. The Bertz CT molecular complexity index is 1290. The topological polar surface area (TPSA) is 131 Å². The minimum Gasteiger partial charge on any atom is -0.454 e.